The molecule has 2 aromatic rings. The molecule has 2 rings (SSSR count). The molecule has 0 bridgehead atoms. The van der Waals surface area contributed by atoms with Gasteiger partial charge in [0.05, 0.1) is 18.9 Å². The second-order valence-corrected chi connectivity index (χ2v) is 4.69. The zero-order chi connectivity index (χ0) is 13.7. The molecule has 0 aliphatic carbocycles. The van der Waals surface area contributed by atoms with E-state index in [0.717, 1.165) is 10.0 Å². The van der Waals surface area contributed by atoms with Gasteiger partial charge in [0.25, 0.3) is 0 Å². The van der Waals surface area contributed by atoms with Crippen LogP contribution in [0.2, 0.25) is 0 Å². The Bertz CT molecular complexity index is 623. The van der Waals surface area contributed by atoms with E-state index in [-0.39, 0.29) is 0 Å². The second kappa shape index (κ2) is 6.21. The van der Waals surface area contributed by atoms with Gasteiger partial charge in [0.1, 0.15) is 24.2 Å². The SMILES string of the molecule is COc1cc(COc2cncc(Br)c2)ccc1C#N. The number of nitrogens with zero attached hydrogens (tertiary/aromatic N) is 2. The van der Waals surface area contributed by atoms with E-state index in [9.17, 15) is 0 Å². The monoisotopic (exact) mass is 318 g/mol. The summed E-state index contributed by atoms with van der Waals surface area (Å²) in [6, 6.07) is 9.27. The molecule has 0 aliphatic rings. The highest BCUT2D eigenvalue weighted by atomic mass is 79.9. The van der Waals surface area contributed by atoms with Crippen molar-refractivity contribution in [3.05, 3.63) is 52.3 Å². The van der Waals surface area contributed by atoms with Gasteiger partial charge >= 0.3 is 0 Å². The molecule has 4 nitrogen and oxygen atoms in total. The maximum Gasteiger partial charge on any atom is 0.139 e. The molecule has 19 heavy (non-hydrogen) atoms. The topological polar surface area (TPSA) is 55.1 Å². The number of hydrogen-bond acceptors (Lipinski definition) is 4. The molecular formula is C14H11BrN2O2. The molecule has 0 radical (unpaired) electrons. The summed E-state index contributed by atoms with van der Waals surface area (Å²) in [4.78, 5) is 4.02. The Labute approximate surface area is 119 Å². The van der Waals surface area contributed by atoms with E-state index in [1.54, 1.807) is 31.6 Å². The molecule has 1 aromatic carbocycles. The van der Waals surface area contributed by atoms with Crippen LogP contribution in [-0.2, 0) is 6.61 Å². The first-order valence-electron chi connectivity index (χ1n) is 5.53. The van der Waals surface area contributed by atoms with Crippen molar-refractivity contribution in [1.82, 2.24) is 4.98 Å². The van der Waals surface area contributed by atoms with Gasteiger partial charge in [0.2, 0.25) is 0 Å². The number of methoxy groups -OCH3 is 1. The molecule has 0 N–H and O–H groups in total. The van der Waals surface area contributed by atoms with Crippen LogP contribution in [0.3, 0.4) is 0 Å². The van der Waals surface area contributed by atoms with Crippen LogP contribution in [0, 0.1) is 11.3 Å². The summed E-state index contributed by atoms with van der Waals surface area (Å²) in [5.74, 6) is 1.23. The van der Waals surface area contributed by atoms with E-state index in [1.165, 1.54) is 0 Å². The van der Waals surface area contributed by atoms with Gasteiger partial charge in [-0.2, -0.15) is 5.26 Å². The molecule has 5 heteroatoms. The Morgan fingerprint density at radius 3 is 2.84 bits per heavy atom. The van der Waals surface area contributed by atoms with Crippen LogP contribution in [-0.4, -0.2) is 12.1 Å². The maximum atomic E-state index is 8.90. The predicted molar refractivity (Wildman–Crippen MR) is 74.0 cm³/mol. The number of ether oxygens (including phenoxy) is 2. The summed E-state index contributed by atoms with van der Waals surface area (Å²) in [5.41, 5.74) is 1.44. The number of benzene rings is 1. The van der Waals surface area contributed by atoms with Gasteiger partial charge in [-0.15, -0.1) is 0 Å². The second-order valence-electron chi connectivity index (χ2n) is 3.77. The number of hydrogen-bond donors (Lipinski definition) is 0. The van der Waals surface area contributed by atoms with Crippen LogP contribution in [0.25, 0.3) is 0 Å². The lowest BCUT2D eigenvalue weighted by atomic mass is 10.1. The number of pyridine rings is 1. The van der Waals surface area contributed by atoms with E-state index in [1.807, 2.05) is 12.1 Å². The van der Waals surface area contributed by atoms with Gasteiger partial charge in [0.15, 0.2) is 0 Å². The van der Waals surface area contributed by atoms with Crippen molar-refractivity contribution >= 4 is 15.9 Å². The average molecular weight is 319 g/mol. The van der Waals surface area contributed by atoms with Gasteiger partial charge in [-0.3, -0.25) is 4.98 Å². The summed E-state index contributed by atoms with van der Waals surface area (Å²) in [7, 11) is 1.54. The lowest BCUT2D eigenvalue weighted by Crippen LogP contribution is -1.97. The first-order chi connectivity index (χ1) is 9.22. The first-order valence-corrected chi connectivity index (χ1v) is 6.32. The highest BCUT2D eigenvalue weighted by molar-refractivity contribution is 9.10. The zero-order valence-corrected chi connectivity index (χ0v) is 11.8. The molecule has 0 amide bonds. The Kier molecular flexibility index (Phi) is 4.37. The van der Waals surface area contributed by atoms with Crippen LogP contribution >= 0.6 is 15.9 Å². The number of nitriles is 1. The third-order valence-corrected chi connectivity index (χ3v) is 2.91. The highest BCUT2D eigenvalue weighted by Crippen LogP contribution is 2.21. The fourth-order valence-electron chi connectivity index (χ4n) is 1.56. The minimum absolute atomic E-state index is 0.389. The van der Waals surface area contributed by atoms with Crippen molar-refractivity contribution < 1.29 is 9.47 Å². The molecule has 1 heterocycles. The Morgan fingerprint density at radius 1 is 1.32 bits per heavy atom. The Hall–Kier alpha value is -2.06. The third kappa shape index (κ3) is 3.46. The van der Waals surface area contributed by atoms with Gasteiger partial charge in [0, 0.05) is 10.7 Å². The Morgan fingerprint density at radius 2 is 2.16 bits per heavy atom. The quantitative estimate of drug-likeness (QED) is 0.867. The van der Waals surface area contributed by atoms with Crippen molar-refractivity contribution in [2.75, 3.05) is 7.11 Å². The molecule has 0 atom stereocenters. The smallest absolute Gasteiger partial charge is 0.139 e. The molecule has 1 aromatic heterocycles. The van der Waals surface area contributed by atoms with Gasteiger partial charge < -0.3 is 9.47 Å². The normalized spacial score (nSPS) is 9.74. The van der Waals surface area contributed by atoms with Crippen molar-refractivity contribution in [3.63, 3.8) is 0 Å². The summed E-state index contributed by atoms with van der Waals surface area (Å²) >= 11 is 3.33. The van der Waals surface area contributed by atoms with Crippen LogP contribution in [0.15, 0.2) is 41.1 Å². The third-order valence-electron chi connectivity index (χ3n) is 2.47. The fourth-order valence-corrected chi connectivity index (χ4v) is 1.90. The number of rotatable bonds is 4. The summed E-state index contributed by atoms with van der Waals surface area (Å²) < 4.78 is 11.6. The van der Waals surface area contributed by atoms with Crippen LogP contribution in [0.5, 0.6) is 11.5 Å². The molecule has 0 spiro atoms. The molecular weight excluding hydrogens is 308 g/mol. The van der Waals surface area contributed by atoms with Crippen LogP contribution in [0.4, 0.5) is 0 Å². The molecule has 0 fully saturated rings. The average Bonchev–Trinajstić information content (AvgIpc) is 2.45. The lowest BCUT2D eigenvalue weighted by Gasteiger charge is -2.08. The molecule has 0 unspecified atom stereocenters. The van der Waals surface area contributed by atoms with Crippen molar-refractivity contribution in [2.45, 2.75) is 6.61 Å². The van der Waals surface area contributed by atoms with Crippen molar-refractivity contribution in [1.29, 1.82) is 5.26 Å². The van der Waals surface area contributed by atoms with E-state index >= 15 is 0 Å². The molecule has 0 aliphatic heterocycles. The number of aromatic nitrogens is 1. The maximum absolute atomic E-state index is 8.90. The lowest BCUT2D eigenvalue weighted by molar-refractivity contribution is 0.303. The largest absolute Gasteiger partial charge is 0.495 e. The predicted octanol–water partition coefficient (Wildman–Crippen LogP) is 3.30. The summed E-state index contributed by atoms with van der Waals surface area (Å²) in [6.07, 6.45) is 3.34. The summed E-state index contributed by atoms with van der Waals surface area (Å²) in [5, 5.41) is 8.90. The van der Waals surface area contributed by atoms with Crippen LogP contribution < -0.4 is 9.47 Å². The zero-order valence-electron chi connectivity index (χ0n) is 10.3. The minimum Gasteiger partial charge on any atom is -0.495 e. The Balaban J connectivity index is 2.10. The van der Waals surface area contributed by atoms with Gasteiger partial charge in [-0.05, 0) is 39.7 Å². The molecule has 0 saturated carbocycles. The molecule has 0 saturated heterocycles. The number of halogens is 1. The van der Waals surface area contributed by atoms with E-state index in [4.69, 9.17) is 14.7 Å². The fraction of sp³-hybridized carbons (Fsp3) is 0.143. The first kappa shape index (κ1) is 13.4. The highest BCUT2D eigenvalue weighted by Gasteiger charge is 2.04. The van der Waals surface area contributed by atoms with Gasteiger partial charge in [-0.1, -0.05) is 6.07 Å². The molecule has 96 valence electrons. The van der Waals surface area contributed by atoms with Gasteiger partial charge in [-0.25, -0.2) is 0 Å². The standard InChI is InChI=1S/C14H11BrN2O2/c1-18-14-4-10(2-3-11(14)6-16)9-19-13-5-12(15)7-17-8-13/h2-5,7-8H,9H2,1H3. The van der Waals surface area contributed by atoms with Crippen molar-refractivity contribution in [3.8, 4) is 17.6 Å². The van der Waals surface area contributed by atoms with Crippen molar-refractivity contribution in [2.24, 2.45) is 0 Å². The van der Waals surface area contributed by atoms with E-state index < -0.39 is 0 Å². The van der Waals surface area contributed by atoms with E-state index in [0.29, 0.717) is 23.7 Å². The van der Waals surface area contributed by atoms with E-state index in [2.05, 4.69) is 27.0 Å². The minimum atomic E-state index is 0.389. The summed E-state index contributed by atoms with van der Waals surface area (Å²) in [6.45, 7) is 0.389. The van der Waals surface area contributed by atoms with Crippen LogP contribution in [0.1, 0.15) is 11.1 Å².